The van der Waals surface area contributed by atoms with Crippen LogP contribution in [0.2, 0.25) is 0 Å². The Labute approximate surface area is 133 Å². The van der Waals surface area contributed by atoms with Crippen molar-refractivity contribution in [2.45, 2.75) is 13.5 Å². The summed E-state index contributed by atoms with van der Waals surface area (Å²) in [6.07, 6.45) is 0. The lowest BCUT2D eigenvalue weighted by Crippen LogP contribution is -2.14. The summed E-state index contributed by atoms with van der Waals surface area (Å²) < 4.78 is 5.21. The molecule has 23 heavy (non-hydrogen) atoms. The minimum atomic E-state index is -0.129. The summed E-state index contributed by atoms with van der Waals surface area (Å²) in [6.45, 7) is 2.00. The zero-order chi connectivity index (χ0) is 16.2. The largest absolute Gasteiger partial charge is 0.496 e. The summed E-state index contributed by atoms with van der Waals surface area (Å²) in [5.74, 6) is 0.920. The first-order valence-corrected chi connectivity index (χ1v) is 7.19. The zero-order valence-corrected chi connectivity index (χ0v) is 12.9. The predicted octanol–water partition coefficient (Wildman–Crippen LogP) is 2.54. The van der Waals surface area contributed by atoms with Gasteiger partial charge in [-0.3, -0.25) is 4.79 Å². The van der Waals surface area contributed by atoms with Gasteiger partial charge in [0, 0.05) is 5.56 Å². The Kier molecular flexibility index (Phi) is 4.14. The highest BCUT2D eigenvalue weighted by molar-refractivity contribution is 5.98. The highest BCUT2D eigenvalue weighted by Gasteiger charge is 2.15. The van der Waals surface area contributed by atoms with E-state index in [1.807, 2.05) is 37.3 Å². The van der Waals surface area contributed by atoms with Gasteiger partial charge in [0.05, 0.1) is 12.7 Å². The Bertz CT molecular complexity index is 842. The van der Waals surface area contributed by atoms with Crippen LogP contribution in [0.3, 0.4) is 0 Å². The van der Waals surface area contributed by atoms with Crippen molar-refractivity contribution in [3.63, 3.8) is 0 Å². The van der Waals surface area contributed by atoms with Crippen molar-refractivity contribution in [1.82, 2.24) is 20.2 Å². The number of aromatic nitrogens is 4. The summed E-state index contributed by atoms with van der Waals surface area (Å²) in [6, 6.07) is 14.9. The van der Waals surface area contributed by atoms with Crippen LogP contribution in [-0.2, 0) is 6.54 Å². The Hall–Kier alpha value is -3.02. The van der Waals surface area contributed by atoms with Crippen LogP contribution in [0.5, 0.6) is 5.75 Å². The second-order valence-corrected chi connectivity index (χ2v) is 5.08. The van der Waals surface area contributed by atoms with E-state index >= 15 is 0 Å². The monoisotopic (exact) mass is 308 g/mol. The topological polar surface area (TPSA) is 69.9 Å². The van der Waals surface area contributed by atoms with Crippen molar-refractivity contribution in [3.8, 4) is 17.1 Å². The molecule has 1 heterocycles. The van der Waals surface area contributed by atoms with E-state index in [0.29, 0.717) is 17.1 Å². The molecule has 0 aliphatic carbocycles. The minimum Gasteiger partial charge on any atom is -0.496 e. The summed E-state index contributed by atoms with van der Waals surface area (Å²) in [5, 5.41) is 12.3. The van der Waals surface area contributed by atoms with Crippen LogP contribution in [0.15, 0.2) is 48.5 Å². The number of hydrogen-bond donors (Lipinski definition) is 0. The van der Waals surface area contributed by atoms with Crippen LogP contribution < -0.4 is 4.74 Å². The predicted molar refractivity (Wildman–Crippen MR) is 85.3 cm³/mol. The van der Waals surface area contributed by atoms with Gasteiger partial charge in [0.2, 0.25) is 5.82 Å². The molecule has 3 aromatic rings. The molecule has 0 atom stereocenters. The van der Waals surface area contributed by atoms with E-state index in [-0.39, 0.29) is 12.3 Å². The Morgan fingerprint density at radius 1 is 1.13 bits per heavy atom. The molecule has 0 bridgehead atoms. The van der Waals surface area contributed by atoms with Crippen molar-refractivity contribution in [2.75, 3.05) is 7.11 Å². The van der Waals surface area contributed by atoms with Crippen molar-refractivity contribution in [1.29, 1.82) is 0 Å². The third kappa shape index (κ3) is 3.11. The van der Waals surface area contributed by atoms with Gasteiger partial charge in [-0.2, -0.15) is 4.80 Å². The third-order valence-electron chi connectivity index (χ3n) is 3.53. The van der Waals surface area contributed by atoms with E-state index < -0.39 is 0 Å². The number of hydrogen-bond acceptors (Lipinski definition) is 5. The van der Waals surface area contributed by atoms with Gasteiger partial charge in [-0.15, -0.1) is 10.2 Å². The van der Waals surface area contributed by atoms with Gasteiger partial charge in [0.25, 0.3) is 0 Å². The average Bonchev–Trinajstić information content (AvgIpc) is 3.03. The number of nitrogens with zero attached hydrogens (tertiary/aromatic N) is 4. The van der Waals surface area contributed by atoms with Crippen molar-refractivity contribution >= 4 is 5.78 Å². The number of ether oxygens (including phenoxy) is 1. The molecule has 0 aliphatic rings. The molecule has 6 heteroatoms. The van der Waals surface area contributed by atoms with E-state index in [9.17, 15) is 4.79 Å². The molecule has 3 rings (SSSR count). The number of Topliss-reactive ketones (excluding diaryl/α,β-unsaturated/α-hetero) is 1. The summed E-state index contributed by atoms with van der Waals surface area (Å²) >= 11 is 0. The molecule has 0 saturated carbocycles. The lowest BCUT2D eigenvalue weighted by molar-refractivity contribution is 0.0958. The number of methoxy groups -OCH3 is 1. The molecule has 0 spiro atoms. The first-order valence-electron chi connectivity index (χ1n) is 7.19. The molecular weight excluding hydrogens is 292 g/mol. The molecule has 0 saturated heterocycles. The van der Waals surface area contributed by atoms with E-state index in [2.05, 4.69) is 15.4 Å². The maximum absolute atomic E-state index is 12.4. The Morgan fingerprint density at radius 3 is 2.65 bits per heavy atom. The maximum Gasteiger partial charge on any atom is 0.205 e. The molecule has 0 radical (unpaired) electrons. The second kappa shape index (κ2) is 6.39. The normalized spacial score (nSPS) is 10.5. The fourth-order valence-corrected chi connectivity index (χ4v) is 2.33. The second-order valence-electron chi connectivity index (χ2n) is 5.08. The summed E-state index contributed by atoms with van der Waals surface area (Å²) in [4.78, 5) is 13.7. The number of rotatable bonds is 5. The first-order chi connectivity index (χ1) is 11.2. The number of para-hydroxylation sites is 1. The average molecular weight is 308 g/mol. The Balaban J connectivity index is 1.82. The highest BCUT2D eigenvalue weighted by atomic mass is 16.5. The van der Waals surface area contributed by atoms with Gasteiger partial charge in [-0.05, 0) is 29.8 Å². The SMILES string of the molecule is COc1ccccc1C(=O)Cn1nnc(-c2ccccc2C)n1. The minimum absolute atomic E-state index is 0.0131. The number of aryl methyl sites for hydroxylation is 1. The summed E-state index contributed by atoms with van der Waals surface area (Å²) in [7, 11) is 1.54. The van der Waals surface area contributed by atoms with E-state index in [1.54, 1.807) is 18.2 Å². The maximum atomic E-state index is 12.4. The van der Waals surface area contributed by atoms with Crippen molar-refractivity contribution in [3.05, 3.63) is 59.7 Å². The number of carbonyl (C=O) groups excluding carboxylic acids is 1. The highest BCUT2D eigenvalue weighted by Crippen LogP contribution is 2.19. The fourth-order valence-electron chi connectivity index (χ4n) is 2.33. The van der Waals surface area contributed by atoms with Gasteiger partial charge in [0.1, 0.15) is 12.3 Å². The third-order valence-corrected chi connectivity index (χ3v) is 3.53. The smallest absolute Gasteiger partial charge is 0.205 e. The lowest BCUT2D eigenvalue weighted by atomic mass is 10.1. The van der Waals surface area contributed by atoms with Gasteiger partial charge < -0.3 is 4.74 Å². The van der Waals surface area contributed by atoms with Crippen LogP contribution in [-0.4, -0.2) is 33.1 Å². The number of benzene rings is 2. The van der Waals surface area contributed by atoms with E-state index in [0.717, 1.165) is 11.1 Å². The van der Waals surface area contributed by atoms with Gasteiger partial charge in [0.15, 0.2) is 5.78 Å². The van der Waals surface area contributed by atoms with Crippen LogP contribution in [0, 0.1) is 6.92 Å². The molecule has 0 N–H and O–H groups in total. The fraction of sp³-hybridized carbons (Fsp3) is 0.176. The molecule has 0 amide bonds. The zero-order valence-electron chi connectivity index (χ0n) is 12.9. The Morgan fingerprint density at radius 2 is 1.87 bits per heavy atom. The number of tetrazole rings is 1. The molecule has 0 unspecified atom stereocenters. The van der Waals surface area contributed by atoms with Crippen LogP contribution in [0.4, 0.5) is 0 Å². The number of carbonyl (C=O) groups is 1. The first kappa shape index (κ1) is 14.9. The molecule has 1 aromatic heterocycles. The van der Waals surface area contributed by atoms with Crippen molar-refractivity contribution < 1.29 is 9.53 Å². The standard InChI is InChI=1S/C17H16N4O2/c1-12-7-3-4-8-13(12)17-18-20-21(19-17)11-15(22)14-9-5-6-10-16(14)23-2/h3-10H,11H2,1-2H3. The van der Waals surface area contributed by atoms with Gasteiger partial charge >= 0.3 is 0 Å². The molecular formula is C17H16N4O2. The van der Waals surface area contributed by atoms with Crippen LogP contribution in [0.1, 0.15) is 15.9 Å². The van der Waals surface area contributed by atoms with Gasteiger partial charge in [-0.1, -0.05) is 36.4 Å². The molecule has 0 aliphatic heterocycles. The molecule has 6 nitrogen and oxygen atoms in total. The molecule has 2 aromatic carbocycles. The van der Waals surface area contributed by atoms with E-state index in [4.69, 9.17) is 4.74 Å². The van der Waals surface area contributed by atoms with Crippen LogP contribution in [0.25, 0.3) is 11.4 Å². The van der Waals surface area contributed by atoms with Crippen molar-refractivity contribution in [2.24, 2.45) is 0 Å². The quantitative estimate of drug-likeness (QED) is 0.677. The van der Waals surface area contributed by atoms with E-state index in [1.165, 1.54) is 11.9 Å². The molecule has 116 valence electrons. The lowest BCUT2D eigenvalue weighted by Gasteiger charge is -2.06. The molecule has 0 fully saturated rings. The van der Waals surface area contributed by atoms with Gasteiger partial charge in [-0.25, -0.2) is 0 Å². The summed E-state index contributed by atoms with van der Waals surface area (Å²) in [5.41, 5.74) is 2.47. The van der Waals surface area contributed by atoms with Crippen LogP contribution >= 0.6 is 0 Å². The number of ketones is 1.